The van der Waals surface area contributed by atoms with Crippen LogP contribution in [0.3, 0.4) is 0 Å². The van der Waals surface area contributed by atoms with Gasteiger partial charge < -0.3 is 10.5 Å². The number of rotatable bonds is 1. The molecule has 0 aromatic heterocycles. The molecule has 2 N–H and O–H groups in total. The van der Waals surface area contributed by atoms with E-state index in [1.165, 1.54) is 51.4 Å². The zero-order valence-corrected chi connectivity index (χ0v) is 8.93. The Bertz CT molecular complexity index is 234. The second-order valence-electron chi connectivity index (χ2n) is 5.50. The zero-order valence-electron chi connectivity index (χ0n) is 8.93. The molecule has 2 unspecified atom stereocenters. The molecule has 0 bridgehead atoms. The molecule has 2 nitrogen and oxygen atoms in total. The van der Waals surface area contributed by atoms with Crippen molar-refractivity contribution < 1.29 is 4.74 Å². The first-order valence-corrected chi connectivity index (χ1v) is 6.18. The maximum atomic E-state index is 6.25. The summed E-state index contributed by atoms with van der Waals surface area (Å²) in [7, 11) is 0. The number of fused-ring (bicyclic) bond motifs is 1. The van der Waals surface area contributed by atoms with Crippen molar-refractivity contribution in [1.29, 1.82) is 0 Å². The number of hydrogen-bond acceptors (Lipinski definition) is 2. The van der Waals surface area contributed by atoms with Crippen LogP contribution in [-0.4, -0.2) is 18.2 Å². The van der Waals surface area contributed by atoms with Crippen molar-refractivity contribution in [2.45, 2.75) is 63.1 Å². The minimum Gasteiger partial charge on any atom is -0.370 e. The van der Waals surface area contributed by atoms with E-state index in [0.717, 1.165) is 6.54 Å². The lowest BCUT2D eigenvalue weighted by Crippen LogP contribution is -2.56. The van der Waals surface area contributed by atoms with Gasteiger partial charge in [-0.05, 0) is 43.9 Å². The third-order valence-electron chi connectivity index (χ3n) is 5.06. The van der Waals surface area contributed by atoms with E-state index in [9.17, 15) is 0 Å². The fraction of sp³-hybridized carbons (Fsp3) is 1.00. The molecule has 14 heavy (non-hydrogen) atoms. The molecule has 1 aliphatic heterocycles. The van der Waals surface area contributed by atoms with E-state index in [4.69, 9.17) is 10.5 Å². The van der Waals surface area contributed by atoms with Crippen LogP contribution < -0.4 is 5.73 Å². The highest BCUT2D eigenvalue weighted by molar-refractivity contribution is 5.13. The summed E-state index contributed by atoms with van der Waals surface area (Å²) in [5.74, 6) is 0. The summed E-state index contributed by atoms with van der Waals surface area (Å²) in [6, 6.07) is 0. The Kier molecular flexibility index (Phi) is 1.94. The highest BCUT2D eigenvalue weighted by Crippen LogP contribution is 2.65. The summed E-state index contributed by atoms with van der Waals surface area (Å²) in [6.45, 7) is 0.720. The van der Waals surface area contributed by atoms with Gasteiger partial charge in [0.2, 0.25) is 0 Å². The predicted octanol–water partition coefficient (Wildman–Crippen LogP) is 2.22. The van der Waals surface area contributed by atoms with Crippen molar-refractivity contribution in [3.05, 3.63) is 0 Å². The Morgan fingerprint density at radius 2 is 1.86 bits per heavy atom. The monoisotopic (exact) mass is 195 g/mol. The van der Waals surface area contributed by atoms with Crippen molar-refractivity contribution in [1.82, 2.24) is 0 Å². The van der Waals surface area contributed by atoms with Crippen molar-refractivity contribution in [3.8, 4) is 0 Å². The van der Waals surface area contributed by atoms with E-state index >= 15 is 0 Å². The predicted molar refractivity (Wildman–Crippen MR) is 56.0 cm³/mol. The molecular formula is C12H21NO. The van der Waals surface area contributed by atoms with Gasteiger partial charge in [-0.15, -0.1) is 0 Å². The van der Waals surface area contributed by atoms with Gasteiger partial charge in [0.15, 0.2) is 0 Å². The van der Waals surface area contributed by atoms with Gasteiger partial charge in [-0.25, -0.2) is 0 Å². The van der Waals surface area contributed by atoms with E-state index in [0.29, 0.717) is 11.5 Å². The summed E-state index contributed by atoms with van der Waals surface area (Å²) in [4.78, 5) is 0. The normalized spacial score (nSPS) is 44.8. The van der Waals surface area contributed by atoms with E-state index in [2.05, 4.69) is 0 Å². The quantitative estimate of drug-likeness (QED) is 0.696. The molecule has 0 aromatic carbocycles. The molecule has 0 aromatic rings. The van der Waals surface area contributed by atoms with E-state index in [1.807, 2.05) is 0 Å². The van der Waals surface area contributed by atoms with Gasteiger partial charge >= 0.3 is 0 Å². The Hall–Kier alpha value is -0.0800. The minimum atomic E-state index is 0.285. The zero-order chi connectivity index (χ0) is 9.65. The van der Waals surface area contributed by atoms with Gasteiger partial charge in [0.25, 0.3) is 0 Å². The summed E-state index contributed by atoms with van der Waals surface area (Å²) in [6.07, 6.45) is 11.3. The van der Waals surface area contributed by atoms with Crippen LogP contribution in [0.25, 0.3) is 0 Å². The van der Waals surface area contributed by atoms with Crippen LogP contribution in [0.2, 0.25) is 0 Å². The second-order valence-corrected chi connectivity index (χ2v) is 5.50. The molecule has 2 aliphatic carbocycles. The van der Waals surface area contributed by atoms with Crippen LogP contribution in [0.1, 0.15) is 51.4 Å². The molecule has 1 heterocycles. The summed E-state index contributed by atoms with van der Waals surface area (Å²) in [5.41, 5.74) is 6.58. The van der Waals surface area contributed by atoms with Gasteiger partial charge in [-0.1, -0.05) is 12.8 Å². The van der Waals surface area contributed by atoms with Gasteiger partial charge in [0, 0.05) is 6.54 Å². The molecule has 2 spiro atoms. The Labute approximate surface area is 86.2 Å². The van der Waals surface area contributed by atoms with E-state index in [-0.39, 0.29) is 5.60 Å². The molecule has 2 atom stereocenters. The summed E-state index contributed by atoms with van der Waals surface area (Å²) >= 11 is 0. The van der Waals surface area contributed by atoms with Gasteiger partial charge in [0.05, 0.1) is 11.7 Å². The Morgan fingerprint density at radius 3 is 2.36 bits per heavy atom. The topological polar surface area (TPSA) is 35.2 Å². The SMILES string of the molecule is NCC1CCC2(CCC23CCCC3)O1. The average Bonchev–Trinajstić information content (AvgIpc) is 2.86. The average molecular weight is 195 g/mol. The van der Waals surface area contributed by atoms with Gasteiger partial charge in [-0.3, -0.25) is 0 Å². The molecule has 0 radical (unpaired) electrons. The highest BCUT2D eigenvalue weighted by atomic mass is 16.5. The fourth-order valence-electron chi connectivity index (χ4n) is 4.09. The number of nitrogens with two attached hydrogens (primary N) is 1. The first-order valence-electron chi connectivity index (χ1n) is 6.18. The largest absolute Gasteiger partial charge is 0.370 e. The van der Waals surface area contributed by atoms with Crippen LogP contribution in [0.4, 0.5) is 0 Å². The lowest BCUT2D eigenvalue weighted by atomic mass is 9.54. The molecule has 2 saturated carbocycles. The summed E-state index contributed by atoms with van der Waals surface area (Å²) in [5, 5.41) is 0. The van der Waals surface area contributed by atoms with E-state index in [1.54, 1.807) is 0 Å². The fourth-order valence-corrected chi connectivity index (χ4v) is 4.09. The maximum Gasteiger partial charge on any atom is 0.0744 e. The molecular weight excluding hydrogens is 174 g/mol. The maximum absolute atomic E-state index is 6.25. The standard InChI is InChI=1S/C12H21NO/c13-9-10-3-6-12(14-10)8-7-11(12)4-1-2-5-11/h10H,1-9,13H2. The van der Waals surface area contributed by atoms with Gasteiger partial charge in [-0.2, -0.15) is 0 Å². The van der Waals surface area contributed by atoms with Gasteiger partial charge in [0.1, 0.15) is 0 Å². The molecule has 3 aliphatic rings. The molecule has 2 heteroatoms. The third kappa shape index (κ3) is 0.989. The van der Waals surface area contributed by atoms with Crippen molar-refractivity contribution in [2.75, 3.05) is 6.54 Å². The first kappa shape index (κ1) is 9.17. The van der Waals surface area contributed by atoms with Crippen molar-refractivity contribution in [2.24, 2.45) is 11.1 Å². The summed E-state index contributed by atoms with van der Waals surface area (Å²) < 4.78 is 6.25. The third-order valence-corrected chi connectivity index (χ3v) is 5.06. The highest BCUT2D eigenvalue weighted by Gasteiger charge is 2.62. The Balaban J connectivity index is 1.78. The molecule has 0 amide bonds. The molecule has 3 fully saturated rings. The molecule has 3 rings (SSSR count). The lowest BCUT2D eigenvalue weighted by Gasteiger charge is -2.56. The molecule has 80 valence electrons. The van der Waals surface area contributed by atoms with Crippen LogP contribution in [-0.2, 0) is 4.74 Å². The van der Waals surface area contributed by atoms with Crippen LogP contribution in [0.15, 0.2) is 0 Å². The first-order chi connectivity index (χ1) is 6.80. The Morgan fingerprint density at radius 1 is 1.07 bits per heavy atom. The van der Waals surface area contributed by atoms with E-state index < -0.39 is 0 Å². The second kappa shape index (κ2) is 2.96. The van der Waals surface area contributed by atoms with Crippen LogP contribution in [0, 0.1) is 5.41 Å². The number of ether oxygens (including phenoxy) is 1. The van der Waals surface area contributed by atoms with Crippen LogP contribution >= 0.6 is 0 Å². The van der Waals surface area contributed by atoms with Crippen molar-refractivity contribution >= 4 is 0 Å². The van der Waals surface area contributed by atoms with Crippen LogP contribution in [0.5, 0.6) is 0 Å². The van der Waals surface area contributed by atoms with Crippen molar-refractivity contribution in [3.63, 3.8) is 0 Å². The minimum absolute atomic E-state index is 0.285. The molecule has 1 saturated heterocycles. The smallest absolute Gasteiger partial charge is 0.0744 e. The lowest BCUT2D eigenvalue weighted by molar-refractivity contribution is -0.190. The number of hydrogen-bond donors (Lipinski definition) is 1.